The number of hydrogen-bond acceptors (Lipinski definition) is 6. The molecule has 0 aromatic carbocycles. The van der Waals surface area contributed by atoms with Gasteiger partial charge in [0, 0.05) is 26.0 Å². The Kier molecular flexibility index (Phi) is 4.66. The van der Waals surface area contributed by atoms with Crippen LogP contribution >= 0.6 is 11.3 Å². The van der Waals surface area contributed by atoms with Crippen molar-refractivity contribution in [2.75, 3.05) is 17.7 Å². The van der Waals surface area contributed by atoms with Crippen molar-refractivity contribution in [2.45, 2.75) is 26.5 Å². The van der Waals surface area contributed by atoms with Crippen LogP contribution in [-0.4, -0.2) is 18.1 Å². The molecule has 2 aromatic rings. The first kappa shape index (κ1) is 15.1. The van der Waals surface area contributed by atoms with Gasteiger partial charge in [0.25, 0.3) is 0 Å². The van der Waals surface area contributed by atoms with Crippen molar-refractivity contribution in [1.82, 2.24) is 4.98 Å². The molecule has 0 unspecified atom stereocenters. The lowest BCUT2D eigenvalue weighted by Crippen LogP contribution is -2.17. The summed E-state index contributed by atoms with van der Waals surface area (Å²) in [6.07, 6.45) is 3.56. The molecule has 0 saturated carbocycles. The normalized spacial score (nSPS) is 10.4. The maximum Gasteiger partial charge on any atom is 0.178 e. The maximum absolute atomic E-state index is 9.16. The molecule has 0 aliphatic rings. The molecule has 110 valence electrons. The van der Waals surface area contributed by atoms with Crippen molar-refractivity contribution in [2.24, 2.45) is 0 Å². The molecular weight excluding hydrogens is 284 g/mol. The minimum absolute atomic E-state index is 0.000940. The van der Waals surface area contributed by atoms with Crippen LogP contribution in [0.4, 0.5) is 10.7 Å². The van der Waals surface area contributed by atoms with Crippen molar-refractivity contribution in [3.05, 3.63) is 35.0 Å². The summed E-state index contributed by atoms with van der Waals surface area (Å²) in [5.74, 6) is 0.595. The largest absolute Gasteiger partial charge is 0.486 e. The van der Waals surface area contributed by atoms with Crippen LogP contribution in [-0.2, 0) is 6.54 Å². The van der Waals surface area contributed by atoms with E-state index in [9.17, 15) is 0 Å². The van der Waals surface area contributed by atoms with E-state index in [0.29, 0.717) is 22.9 Å². The first-order chi connectivity index (χ1) is 10.0. The number of thiophene rings is 1. The van der Waals surface area contributed by atoms with E-state index in [1.807, 2.05) is 44.1 Å². The quantitative estimate of drug-likeness (QED) is 0.919. The highest BCUT2D eigenvalue weighted by atomic mass is 32.1. The third kappa shape index (κ3) is 3.44. The fourth-order valence-electron chi connectivity index (χ4n) is 1.94. The molecule has 21 heavy (non-hydrogen) atoms. The Labute approximate surface area is 128 Å². The Hall–Kier alpha value is -2.26. The molecule has 0 bridgehead atoms. The fourth-order valence-corrected chi connectivity index (χ4v) is 2.85. The number of aromatic nitrogens is 1. The molecule has 2 rings (SSSR count). The Balaban J connectivity index is 2.31. The van der Waals surface area contributed by atoms with Crippen molar-refractivity contribution < 1.29 is 4.74 Å². The highest BCUT2D eigenvalue weighted by molar-refractivity contribution is 7.17. The number of rotatable bonds is 5. The Morgan fingerprint density at radius 1 is 1.52 bits per heavy atom. The molecule has 0 aliphatic heterocycles. The number of hydrogen-bond donors (Lipinski definition) is 1. The zero-order chi connectivity index (χ0) is 15.4. The van der Waals surface area contributed by atoms with Crippen LogP contribution in [0.2, 0.25) is 0 Å². The van der Waals surface area contributed by atoms with Crippen molar-refractivity contribution >= 4 is 22.0 Å². The van der Waals surface area contributed by atoms with Crippen molar-refractivity contribution in [1.29, 1.82) is 5.26 Å². The summed E-state index contributed by atoms with van der Waals surface area (Å²) < 4.78 is 5.79. The van der Waals surface area contributed by atoms with Gasteiger partial charge < -0.3 is 15.4 Å². The van der Waals surface area contributed by atoms with Crippen LogP contribution in [0.3, 0.4) is 0 Å². The Bertz CT molecular complexity index is 646. The second kappa shape index (κ2) is 6.46. The summed E-state index contributed by atoms with van der Waals surface area (Å²) in [4.78, 5) is 6.62. The standard InChI is InChI=1S/C15H18N4OS/c1-10(2)20-14-13(17)12(7-16)21-15(14)19(3)9-11-5-4-6-18-8-11/h4-6,8,10H,9,17H2,1-3H3. The first-order valence-electron chi connectivity index (χ1n) is 6.62. The summed E-state index contributed by atoms with van der Waals surface area (Å²) in [5.41, 5.74) is 7.52. The molecule has 2 N–H and O–H groups in total. The molecule has 0 radical (unpaired) electrons. The van der Waals surface area contributed by atoms with Crippen LogP contribution in [0.1, 0.15) is 24.3 Å². The average molecular weight is 302 g/mol. The number of nitriles is 1. The molecule has 0 saturated heterocycles. The fraction of sp³-hybridized carbons (Fsp3) is 0.333. The van der Waals surface area contributed by atoms with Gasteiger partial charge in [-0.2, -0.15) is 5.26 Å². The van der Waals surface area contributed by atoms with E-state index in [1.165, 1.54) is 11.3 Å². The lowest BCUT2D eigenvalue weighted by molar-refractivity contribution is 0.245. The summed E-state index contributed by atoms with van der Waals surface area (Å²) >= 11 is 1.35. The number of pyridine rings is 1. The first-order valence-corrected chi connectivity index (χ1v) is 7.43. The molecule has 0 fully saturated rings. The van der Waals surface area contributed by atoms with Gasteiger partial charge in [0.1, 0.15) is 21.6 Å². The van der Waals surface area contributed by atoms with E-state index in [0.717, 1.165) is 10.6 Å². The molecule has 0 amide bonds. The molecule has 5 nitrogen and oxygen atoms in total. The van der Waals surface area contributed by atoms with E-state index < -0.39 is 0 Å². The van der Waals surface area contributed by atoms with Gasteiger partial charge in [0.15, 0.2) is 5.75 Å². The van der Waals surface area contributed by atoms with E-state index in [4.69, 9.17) is 15.7 Å². The van der Waals surface area contributed by atoms with Crippen molar-refractivity contribution in [3.63, 3.8) is 0 Å². The molecule has 6 heteroatoms. The Morgan fingerprint density at radius 3 is 2.86 bits per heavy atom. The molecule has 2 heterocycles. The maximum atomic E-state index is 9.16. The van der Waals surface area contributed by atoms with Gasteiger partial charge in [-0.05, 0) is 25.5 Å². The van der Waals surface area contributed by atoms with Gasteiger partial charge in [-0.25, -0.2) is 0 Å². The minimum Gasteiger partial charge on any atom is -0.486 e. The number of nitrogens with two attached hydrogens (primary N) is 1. The highest BCUT2D eigenvalue weighted by Gasteiger charge is 2.21. The number of nitrogens with zero attached hydrogens (tertiary/aromatic N) is 3. The van der Waals surface area contributed by atoms with Crippen LogP contribution < -0.4 is 15.4 Å². The van der Waals surface area contributed by atoms with Gasteiger partial charge in [0.05, 0.1) is 6.10 Å². The van der Waals surface area contributed by atoms with Crippen LogP contribution in [0.15, 0.2) is 24.5 Å². The molecular formula is C15H18N4OS. The second-order valence-corrected chi connectivity index (χ2v) is 5.97. The van der Waals surface area contributed by atoms with E-state index in [-0.39, 0.29) is 6.10 Å². The summed E-state index contributed by atoms with van der Waals surface area (Å²) in [6.45, 7) is 4.55. The van der Waals surface area contributed by atoms with Gasteiger partial charge in [-0.3, -0.25) is 4.98 Å². The van der Waals surface area contributed by atoms with E-state index in [1.54, 1.807) is 6.20 Å². The smallest absolute Gasteiger partial charge is 0.178 e. The number of ether oxygens (including phenoxy) is 1. The van der Waals surface area contributed by atoms with E-state index >= 15 is 0 Å². The lowest BCUT2D eigenvalue weighted by Gasteiger charge is -2.20. The number of nitrogen functional groups attached to an aromatic ring is 1. The van der Waals surface area contributed by atoms with Crippen molar-refractivity contribution in [3.8, 4) is 11.8 Å². The zero-order valence-electron chi connectivity index (χ0n) is 12.3. The summed E-state index contributed by atoms with van der Waals surface area (Å²) in [5, 5.41) is 10.0. The average Bonchev–Trinajstić information content (AvgIpc) is 2.76. The van der Waals surface area contributed by atoms with E-state index in [2.05, 4.69) is 11.1 Å². The SMILES string of the molecule is CC(C)Oc1c(N(C)Cc2cccnc2)sc(C#N)c1N. The van der Waals surface area contributed by atoms with Gasteiger partial charge in [-0.1, -0.05) is 6.07 Å². The zero-order valence-corrected chi connectivity index (χ0v) is 13.1. The predicted octanol–water partition coefficient (Wildman–Crippen LogP) is 3.02. The highest BCUT2D eigenvalue weighted by Crippen LogP contribution is 2.45. The predicted molar refractivity (Wildman–Crippen MR) is 85.6 cm³/mol. The third-order valence-electron chi connectivity index (χ3n) is 2.83. The summed E-state index contributed by atoms with van der Waals surface area (Å²) in [7, 11) is 1.95. The van der Waals surface area contributed by atoms with Crippen LogP contribution in [0.25, 0.3) is 0 Å². The molecule has 0 aliphatic carbocycles. The second-order valence-electron chi connectivity index (χ2n) is 4.97. The topological polar surface area (TPSA) is 75.2 Å². The molecule has 2 aromatic heterocycles. The number of anilines is 2. The van der Waals surface area contributed by atoms with Gasteiger partial charge in [0.2, 0.25) is 0 Å². The van der Waals surface area contributed by atoms with Crippen LogP contribution in [0.5, 0.6) is 5.75 Å². The molecule has 0 atom stereocenters. The van der Waals surface area contributed by atoms with Gasteiger partial charge >= 0.3 is 0 Å². The third-order valence-corrected chi connectivity index (χ3v) is 4.03. The van der Waals surface area contributed by atoms with Crippen LogP contribution in [0, 0.1) is 11.3 Å². The van der Waals surface area contributed by atoms with Gasteiger partial charge in [-0.15, -0.1) is 11.3 Å². The monoisotopic (exact) mass is 302 g/mol. The molecule has 0 spiro atoms. The summed E-state index contributed by atoms with van der Waals surface area (Å²) in [6, 6.07) is 6.03. The minimum atomic E-state index is -0.000940. The lowest BCUT2D eigenvalue weighted by atomic mass is 10.2. The Morgan fingerprint density at radius 2 is 2.29 bits per heavy atom.